The van der Waals surface area contributed by atoms with Crippen LogP contribution in [0.1, 0.15) is 23.2 Å². The first kappa shape index (κ1) is 19.4. The number of anilines is 1. The Morgan fingerprint density at radius 3 is 2.52 bits per heavy atom. The summed E-state index contributed by atoms with van der Waals surface area (Å²) in [6.45, 7) is 1.42. The predicted octanol–water partition coefficient (Wildman–Crippen LogP) is 2.30. The lowest BCUT2D eigenvalue weighted by atomic mass is 10.1. The second-order valence-electron chi connectivity index (χ2n) is 6.18. The third-order valence-corrected chi connectivity index (χ3v) is 4.83. The van der Waals surface area contributed by atoms with E-state index in [0.29, 0.717) is 11.0 Å². The maximum Gasteiger partial charge on any atom is 0.253 e. The summed E-state index contributed by atoms with van der Waals surface area (Å²) in [5, 5.41) is 6.21. The predicted molar refractivity (Wildman–Crippen MR) is 104 cm³/mol. The number of rotatable bonds is 5. The molecule has 1 saturated heterocycles. The van der Waals surface area contributed by atoms with Gasteiger partial charge >= 0.3 is 0 Å². The normalized spacial score (nSPS) is 14.7. The quantitative estimate of drug-likeness (QED) is 0.793. The topological polar surface area (TPSA) is 87.2 Å². The van der Waals surface area contributed by atoms with Crippen LogP contribution >= 0.6 is 23.2 Å². The molecule has 0 aliphatic carbocycles. The number of nitrogens with one attached hydrogen (secondary N) is 2. The van der Waals surface area contributed by atoms with Crippen molar-refractivity contribution in [1.29, 1.82) is 0 Å². The standard InChI is InChI=1S/C18H19Cl2N5O2/c19-12-2-3-14(15(20)10-12)17(27)23-11-16(26)24-13-4-8-25(9-5-13)18-21-6-1-7-22-18/h1-3,6-7,10,13H,4-5,8-9,11H2,(H,23,27)(H,24,26). The smallest absolute Gasteiger partial charge is 0.253 e. The van der Waals surface area contributed by atoms with E-state index in [0.717, 1.165) is 25.9 Å². The Morgan fingerprint density at radius 2 is 1.85 bits per heavy atom. The molecule has 1 fully saturated rings. The van der Waals surface area contributed by atoms with E-state index in [9.17, 15) is 9.59 Å². The van der Waals surface area contributed by atoms with Crippen LogP contribution in [-0.4, -0.2) is 47.5 Å². The minimum atomic E-state index is -0.414. The van der Waals surface area contributed by atoms with Gasteiger partial charge in [-0.15, -0.1) is 0 Å². The summed E-state index contributed by atoms with van der Waals surface area (Å²) in [4.78, 5) is 34.8. The second-order valence-corrected chi connectivity index (χ2v) is 7.03. The third-order valence-electron chi connectivity index (χ3n) is 4.28. The highest BCUT2D eigenvalue weighted by Crippen LogP contribution is 2.20. The lowest BCUT2D eigenvalue weighted by Crippen LogP contribution is -2.47. The van der Waals surface area contributed by atoms with Crippen LogP contribution in [0.2, 0.25) is 10.0 Å². The van der Waals surface area contributed by atoms with Gasteiger partial charge in [0.25, 0.3) is 5.91 Å². The average Bonchev–Trinajstić information content (AvgIpc) is 2.67. The Morgan fingerprint density at radius 1 is 1.15 bits per heavy atom. The van der Waals surface area contributed by atoms with Crippen molar-refractivity contribution in [3.8, 4) is 0 Å². The van der Waals surface area contributed by atoms with Crippen LogP contribution in [0.5, 0.6) is 0 Å². The number of aromatic nitrogens is 2. The van der Waals surface area contributed by atoms with Gasteiger partial charge in [0.2, 0.25) is 11.9 Å². The van der Waals surface area contributed by atoms with Gasteiger partial charge in [0.1, 0.15) is 0 Å². The monoisotopic (exact) mass is 407 g/mol. The maximum absolute atomic E-state index is 12.1. The molecule has 7 nitrogen and oxygen atoms in total. The zero-order valence-electron chi connectivity index (χ0n) is 14.5. The Bertz CT molecular complexity index is 811. The van der Waals surface area contributed by atoms with E-state index in [4.69, 9.17) is 23.2 Å². The van der Waals surface area contributed by atoms with Crippen molar-refractivity contribution in [2.24, 2.45) is 0 Å². The average molecular weight is 408 g/mol. The molecular weight excluding hydrogens is 389 g/mol. The molecule has 2 amide bonds. The molecule has 0 saturated carbocycles. The lowest BCUT2D eigenvalue weighted by molar-refractivity contribution is -0.120. The molecule has 0 radical (unpaired) electrons. The molecule has 2 aromatic rings. The fourth-order valence-electron chi connectivity index (χ4n) is 2.89. The van der Waals surface area contributed by atoms with Crippen LogP contribution in [0.3, 0.4) is 0 Å². The SMILES string of the molecule is O=C(CNC(=O)c1ccc(Cl)cc1Cl)NC1CCN(c2ncccn2)CC1. The summed E-state index contributed by atoms with van der Waals surface area (Å²) in [7, 11) is 0. The van der Waals surface area contributed by atoms with Crippen molar-refractivity contribution in [3.63, 3.8) is 0 Å². The van der Waals surface area contributed by atoms with E-state index in [1.807, 2.05) is 0 Å². The van der Waals surface area contributed by atoms with Gasteiger partial charge < -0.3 is 15.5 Å². The highest BCUT2D eigenvalue weighted by molar-refractivity contribution is 6.36. The molecule has 142 valence electrons. The van der Waals surface area contributed by atoms with E-state index in [1.54, 1.807) is 24.5 Å². The molecule has 27 heavy (non-hydrogen) atoms. The van der Waals surface area contributed by atoms with Gasteiger partial charge in [-0.1, -0.05) is 23.2 Å². The van der Waals surface area contributed by atoms with E-state index in [-0.39, 0.29) is 29.1 Å². The van der Waals surface area contributed by atoms with Crippen LogP contribution in [0, 0.1) is 0 Å². The molecule has 1 aromatic carbocycles. The first-order chi connectivity index (χ1) is 13.0. The summed E-state index contributed by atoms with van der Waals surface area (Å²) in [6.07, 6.45) is 5.01. The number of piperidine rings is 1. The van der Waals surface area contributed by atoms with Crippen molar-refractivity contribution >= 4 is 41.0 Å². The Balaban J connectivity index is 1.43. The number of halogens is 2. The molecule has 2 heterocycles. The molecule has 0 unspecified atom stereocenters. The number of carbonyl (C=O) groups is 2. The summed E-state index contributed by atoms with van der Waals surface area (Å²) >= 11 is 11.8. The van der Waals surface area contributed by atoms with Crippen molar-refractivity contribution in [2.75, 3.05) is 24.5 Å². The molecule has 3 rings (SSSR count). The van der Waals surface area contributed by atoms with Gasteiger partial charge in [-0.2, -0.15) is 0 Å². The highest BCUT2D eigenvalue weighted by atomic mass is 35.5. The van der Waals surface area contributed by atoms with Crippen molar-refractivity contribution < 1.29 is 9.59 Å². The Hall–Kier alpha value is -2.38. The minimum Gasteiger partial charge on any atom is -0.352 e. The number of nitrogens with zero attached hydrogens (tertiary/aromatic N) is 3. The van der Waals surface area contributed by atoms with Gasteiger partial charge in [0, 0.05) is 36.5 Å². The van der Waals surface area contributed by atoms with Crippen molar-refractivity contribution in [1.82, 2.24) is 20.6 Å². The van der Waals surface area contributed by atoms with E-state index < -0.39 is 5.91 Å². The summed E-state index contributed by atoms with van der Waals surface area (Å²) in [5.41, 5.74) is 0.282. The highest BCUT2D eigenvalue weighted by Gasteiger charge is 2.22. The van der Waals surface area contributed by atoms with Crippen LogP contribution in [-0.2, 0) is 4.79 Å². The minimum absolute atomic E-state index is 0.0634. The first-order valence-electron chi connectivity index (χ1n) is 8.57. The van der Waals surface area contributed by atoms with E-state index in [1.165, 1.54) is 12.1 Å². The molecule has 2 N–H and O–H groups in total. The number of amides is 2. The Labute approximate surface area is 167 Å². The molecule has 0 spiro atoms. The van der Waals surface area contributed by atoms with Crippen LogP contribution in [0.15, 0.2) is 36.7 Å². The van der Waals surface area contributed by atoms with Gasteiger partial charge in [-0.05, 0) is 37.1 Å². The molecule has 1 aromatic heterocycles. The van der Waals surface area contributed by atoms with Gasteiger partial charge in [-0.3, -0.25) is 9.59 Å². The van der Waals surface area contributed by atoms with Crippen LogP contribution < -0.4 is 15.5 Å². The zero-order valence-corrected chi connectivity index (χ0v) is 16.0. The van der Waals surface area contributed by atoms with E-state index >= 15 is 0 Å². The molecule has 1 aliphatic heterocycles. The molecule has 1 aliphatic rings. The van der Waals surface area contributed by atoms with Crippen molar-refractivity contribution in [2.45, 2.75) is 18.9 Å². The molecule has 0 bridgehead atoms. The van der Waals surface area contributed by atoms with Crippen LogP contribution in [0.25, 0.3) is 0 Å². The maximum atomic E-state index is 12.1. The summed E-state index contributed by atoms with van der Waals surface area (Å²) in [5.74, 6) is 0.0556. The fourth-order valence-corrected chi connectivity index (χ4v) is 3.38. The fraction of sp³-hybridized carbons (Fsp3) is 0.333. The van der Waals surface area contributed by atoms with Crippen LogP contribution in [0.4, 0.5) is 5.95 Å². The summed E-state index contributed by atoms with van der Waals surface area (Å²) < 4.78 is 0. The van der Waals surface area contributed by atoms with E-state index in [2.05, 4.69) is 25.5 Å². The zero-order chi connectivity index (χ0) is 19.2. The third kappa shape index (κ3) is 5.30. The number of hydrogen-bond donors (Lipinski definition) is 2. The van der Waals surface area contributed by atoms with Crippen molar-refractivity contribution in [3.05, 3.63) is 52.3 Å². The summed E-state index contributed by atoms with van der Waals surface area (Å²) in [6, 6.07) is 6.43. The van der Waals surface area contributed by atoms with Gasteiger partial charge in [-0.25, -0.2) is 9.97 Å². The number of hydrogen-bond acceptors (Lipinski definition) is 5. The van der Waals surface area contributed by atoms with Gasteiger partial charge in [0.05, 0.1) is 17.1 Å². The number of benzene rings is 1. The molecule has 9 heteroatoms. The first-order valence-corrected chi connectivity index (χ1v) is 9.33. The number of carbonyl (C=O) groups excluding carboxylic acids is 2. The largest absolute Gasteiger partial charge is 0.352 e. The molecular formula is C18H19Cl2N5O2. The lowest BCUT2D eigenvalue weighted by Gasteiger charge is -2.32. The molecule has 0 atom stereocenters. The second kappa shape index (κ2) is 9.01. The van der Waals surface area contributed by atoms with Gasteiger partial charge in [0.15, 0.2) is 0 Å². The Kier molecular flexibility index (Phi) is 6.47.